The summed E-state index contributed by atoms with van der Waals surface area (Å²) in [4.78, 5) is 11.6. The molecule has 3 nitrogen and oxygen atoms in total. The van der Waals surface area contributed by atoms with E-state index in [1.165, 1.54) is 19.3 Å². The van der Waals surface area contributed by atoms with Crippen molar-refractivity contribution in [3.63, 3.8) is 0 Å². The van der Waals surface area contributed by atoms with E-state index in [0.29, 0.717) is 5.41 Å². The van der Waals surface area contributed by atoms with E-state index in [0.717, 1.165) is 25.8 Å². The third-order valence-electron chi connectivity index (χ3n) is 3.74. The van der Waals surface area contributed by atoms with Crippen molar-refractivity contribution in [1.29, 1.82) is 0 Å². The van der Waals surface area contributed by atoms with Gasteiger partial charge in [-0.3, -0.25) is 4.79 Å². The van der Waals surface area contributed by atoms with E-state index in [1.807, 2.05) is 6.92 Å². The maximum atomic E-state index is 11.6. The third kappa shape index (κ3) is 3.95. The minimum Gasteiger partial charge on any atom is -0.354 e. The van der Waals surface area contributed by atoms with Gasteiger partial charge in [-0.15, -0.1) is 12.4 Å². The number of carbonyl (C=O) groups excluding carboxylic acids is 1. The predicted molar refractivity (Wildman–Crippen MR) is 69.7 cm³/mol. The standard InChI is InChI=1S/C12H24N2O.ClH/c1-3-6-10(13)11(15)14-9-12(4-2)7-5-8-12;/h10H,3-9,13H2,1-2H3,(H,14,15);1H. The lowest BCUT2D eigenvalue weighted by Gasteiger charge is -2.41. The van der Waals surface area contributed by atoms with Gasteiger partial charge < -0.3 is 11.1 Å². The van der Waals surface area contributed by atoms with Gasteiger partial charge >= 0.3 is 0 Å². The van der Waals surface area contributed by atoms with E-state index >= 15 is 0 Å². The first kappa shape index (κ1) is 15.7. The molecule has 0 aromatic carbocycles. The highest BCUT2D eigenvalue weighted by Gasteiger charge is 2.35. The second-order valence-corrected chi connectivity index (χ2v) is 4.82. The average Bonchev–Trinajstić information content (AvgIpc) is 2.17. The number of rotatable bonds is 6. The topological polar surface area (TPSA) is 55.1 Å². The van der Waals surface area contributed by atoms with Crippen molar-refractivity contribution in [2.24, 2.45) is 11.1 Å². The highest BCUT2D eigenvalue weighted by molar-refractivity contribution is 5.85. The first-order chi connectivity index (χ1) is 7.13. The van der Waals surface area contributed by atoms with Crippen molar-refractivity contribution < 1.29 is 4.79 Å². The number of halogens is 1. The molecule has 16 heavy (non-hydrogen) atoms. The van der Waals surface area contributed by atoms with Crippen LogP contribution in [-0.2, 0) is 4.79 Å². The van der Waals surface area contributed by atoms with Crippen molar-refractivity contribution in [3.8, 4) is 0 Å². The molecule has 0 heterocycles. The van der Waals surface area contributed by atoms with Gasteiger partial charge in [0.15, 0.2) is 0 Å². The summed E-state index contributed by atoms with van der Waals surface area (Å²) in [6.45, 7) is 5.07. The molecule has 0 spiro atoms. The highest BCUT2D eigenvalue weighted by atomic mass is 35.5. The van der Waals surface area contributed by atoms with Crippen molar-refractivity contribution in [3.05, 3.63) is 0 Å². The molecular weight excluding hydrogens is 224 g/mol. The average molecular weight is 249 g/mol. The van der Waals surface area contributed by atoms with Crippen LogP contribution in [0.3, 0.4) is 0 Å². The second kappa shape index (κ2) is 7.13. The summed E-state index contributed by atoms with van der Waals surface area (Å²) < 4.78 is 0. The normalized spacial score (nSPS) is 19.2. The molecule has 1 unspecified atom stereocenters. The molecule has 1 rings (SSSR count). The van der Waals surface area contributed by atoms with Gasteiger partial charge in [-0.05, 0) is 31.1 Å². The molecule has 1 aliphatic rings. The first-order valence-corrected chi connectivity index (χ1v) is 6.17. The van der Waals surface area contributed by atoms with Crippen LogP contribution in [0.25, 0.3) is 0 Å². The third-order valence-corrected chi connectivity index (χ3v) is 3.74. The Kier molecular flexibility index (Phi) is 7.00. The molecule has 0 aromatic rings. The lowest BCUT2D eigenvalue weighted by molar-refractivity contribution is -0.123. The number of hydrogen-bond donors (Lipinski definition) is 2. The molecule has 1 atom stereocenters. The lowest BCUT2D eigenvalue weighted by Crippen LogP contribution is -2.47. The van der Waals surface area contributed by atoms with Crippen LogP contribution in [0.4, 0.5) is 0 Å². The molecule has 1 fully saturated rings. The Labute approximate surface area is 105 Å². The van der Waals surface area contributed by atoms with Crippen LogP contribution in [0.2, 0.25) is 0 Å². The van der Waals surface area contributed by atoms with Gasteiger partial charge in [0.2, 0.25) is 5.91 Å². The number of nitrogens with two attached hydrogens (primary N) is 1. The molecule has 3 N–H and O–H groups in total. The monoisotopic (exact) mass is 248 g/mol. The Morgan fingerprint density at radius 1 is 1.44 bits per heavy atom. The zero-order valence-corrected chi connectivity index (χ0v) is 11.2. The van der Waals surface area contributed by atoms with Crippen LogP contribution in [-0.4, -0.2) is 18.5 Å². The van der Waals surface area contributed by atoms with Crippen molar-refractivity contribution >= 4 is 18.3 Å². The van der Waals surface area contributed by atoms with Crippen LogP contribution < -0.4 is 11.1 Å². The highest BCUT2D eigenvalue weighted by Crippen LogP contribution is 2.42. The summed E-state index contributed by atoms with van der Waals surface area (Å²) >= 11 is 0. The minimum atomic E-state index is -0.316. The van der Waals surface area contributed by atoms with E-state index in [1.54, 1.807) is 0 Å². The maximum Gasteiger partial charge on any atom is 0.236 e. The molecule has 0 bridgehead atoms. The van der Waals surface area contributed by atoms with Crippen molar-refractivity contribution in [2.45, 2.75) is 58.4 Å². The van der Waals surface area contributed by atoms with E-state index < -0.39 is 0 Å². The van der Waals surface area contributed by atoms with Gasteiger partial charge in [-0.25, -0.2) is 0 Å². The number of nitrogens with one attached hydrogen (secondary N) is 1. The Hall–Kier alpha value is -0.280. The summed E-state index contributed by atoms with van der Waals surface area (Å²) in [5, 5.41) is 3.00. The van der Waals surface area contributed by atoms with Gasteiger partial charge in [0.1, 0.15) is 0 Å². The fourth-order valence-corrected chi connectivity index (χ4v) is 2.18. The van der Waals surface area contributed by atoms with Crippen LogP contribution >= 0.6 is 12.4 Å². The Morgan fingerprint density at radius 2 is 2.06 bits per heavy atom. The summed E-state index contributed by atoms with van der Waals surface area (Å²) in [5.41, 5.74) is 6.14. The molecule has 0 saturated heterocycles. The Bertz CT molecular complexity index is 212. The minimum absolute atomic E-state index is 0. The zero-order valence-electron chi connectivity index (χ0n) is 10.4. The van der Waals surface area contributed by atoms with Gasteiger partial charge in [0.25, 0.3) is 0 Å². The van der Waals surface area contributed by atoms with E-state index in [4.69, 9.17) is 5.73 Å². The largest absolute Gasteiger partial charge is 0.354 e. The number of hydrogen-bond acceptors (Lipinski definition) is 2. The molecule has 1 aliphatic carbocycles. The number of carbonyl (C=O) groups is 1. The van der Waals surface area contributed by atoms with Gasteiger partial charge in [-0.2, -0.15) is 0 Å². The van der Waals surface area contributed by atoms with Gasteiger partial charge in [0.05, 0.1) is 6.04 Å². The zero-order chi connectivity index (χ0) is 11.3. The molecule has 1 amide bonds. The van der Waals surface area contributed by atoms with E-state index in [-0.39, 0.29) is 24.4 Å². The molecule has 96 valence electrons. The van der Waals surface area contributed by atoms with Crippen LogP contribution in [0.5, 0.6) is 0 Å². The van der Waals surface area contributed by atoms with Crippen LogP contribution in [0, 0.1) is 5.41 Å². The van der Waals surface area contributed by atoms with Crippen LogP contribution in [0.1, 0.15) is 52.4 Å². The molecule has 0 aliphatic heterocycles. The summed E-state index contributed by atoms with van der Waals surface area (Å²) in [7, 11) is 0. The van der Waals surface area contributed by atoms with Gasteiger partial charge in [-0.1, -0.05) is 26.7 Å². The molecule has 1 saturated carbocycles. The quantitative estimate of drug-likeness (QED) is 0.758. The molecule has 0 aromatic heterocycles. The second-order valence-electron chi connectivity index (χ2n) is 4.82. The lowest BCUT2D eigenvalue weighted by atomic mass is 9.67. The molecule has 0 radical (unpaired) electrons. The fourth-order valence-electron chi connectivity index (χ4n) is 2.18. The maximum absolute atomic E-state index is 11.6. The first-order valence-electron chi connectivity index (χ1n) is 6.17. The predicted octanol–water partition coefficient (Wildman–Crippen LogP) is 2.23. The Balaban J connectivity index is 0.00000225. The summed E-state index contributed by atoms with van der Waals surface area (Å²) in [5.74, 6) is 0.0246. The van der Waals surface area contributed by atoms with Crippen molar-refractivity contribution in [2.75, 3.05) is 6.54 Å². The van der Waals surface area contributed by atoms with Crippen molar-refractivity contribution in [1.82, 2.24) is 5.32 Å². The summed E-state index contributed by atoms with van der Waals surface area (Å²) in [6.07, 6.45) is 6.74. The smallest absolute Gasteiger partial charge is 0.236 e. The fraction of sp³-hybridized carbons (Fsp3) is 0.917. The SMILES string of the molecule is CCCC(N)C(=O)NCC1(CC)CCC1.Cl. The summed E-state index contributed by atoms with van der Waals surface area (Å²) in [6, 6.07) is -0.316. The van der Waals surface area contributed by atoms with E-state index in [9.17, 15) is 4.79 Å². The van der Waals surface area contributed by atoms with E-state index in [2.05, 4.69) is 12.2 Å². The Morgan fingerprint density at radius 3 is 2.44 bits per heavy atom. The number of amides is 1. The molecule has 4 heteroatoms. The van der Waals surface area contributed by atoms with Crippen LogP contribution in [0.15, 0.2) is 0 Å². The van der Waals surface area contributed by atoms with Gasteiger partial charge in [0, 0.05) is 6.54 Å². The molecular formula is C12H25ClN2O.